The molecule has 0 amide bonds. The maximum Gasteiger partial charge on any atom is 0.250 e. The predicted molar refractivity (Wildman–Crippen MR) is 70.1 cm³/mol. The lowest BCUT2D eigenvalue weighted by Gasteiger charge is -2.22. The van der Waals surface area contributed by atoms with Gasteiger partial charge in [0, 0.05) is 6.54 Å². The van der Waals surface area contributed by atoms with Gasteiger partial charge in [0.15, 0.2) is 0 Å². The lowest BCUT2D eigenvalue weighted by molar-refractivity contribution is 0.372. The molecule has 0 bridgehead atoms. The van der Waals surface area contributed by atoms with E-state index < -0.39 is 10.0 Å². The van der Waals surface area contributed by atoms with Crippen molar-refractivity contribution in [1.29, 1.82) is 0 Å². The van der Waals surface area contributed by atoms with Crippen LogP contribution in [0.4, 0.5) is 0 Å². The first-order valence-electron chi connectivity index (χ1n) is 5.53. The molecule has 0 aliphatic carbocycles. The molecule has 1 aliphatic rings. The molecule has 0 aromatic carbocycles. The third-order valence-electron chi connectivity index (χ3n) is 2.83. The van der Waals surface area contributed by atoms with Crippen LogP contribution < -0.4 is 10.0 Å². The molecular formula is C10H15ClN2O2S2. The Morgan fingerprint density at radius 1 is 1.41 bits per heavy atom. The Hall–Kier alpha value is -0.140. The molecule has 96 valence electrons. The fourth-order valence-corrected chi connectivity index (χ4v) is 4.47. The van der Waals surface area contributed by atoms with Crippen molar-refractivity contribution in [2.75, 3.05) is 19.6 Å². The van der Waals surface area contributed by atoms with Crippen LogP contribution in [-0.4, -0.2) is 28.1 Å². The summed E-state index contributed by atoms with van der Waals surface area (Å²) in [5.41, 5.74) is 0. The van der Waals surface area contributed by atoms with E-state index in [1.165, 1.54) is 6.07 Å². The Balaban J connectivity index is 1.93. The van der Waals surface area contributed by atoms with Gasteiger partial charge in [0.1, 0.15) is 4.21 Å². The van der Waals surface area contributed by atoms with Gasteiger partial charge in [0.2, 0.25) is 10.0 Å². The fourth-order valence-electron chi connectivity index (χ4n) is 1.83. The Labute approximate surface area is 110 Å². The third-order valence-corrected chi connectivity index (χ3v) is 5.98. The van der Waals surface area contributed by atoms with Crippen molar-refractivity contribution in [3.8, 4) is 0 Å². The number of nitrogens with one attached hydrogen (secondary N) is 2. The molecule has 0 saturated carbocycles. The molecule has 1 aromatic heterocycles. The first-order valence-corrected chi connectivity index (χ1v) is 8.21. The Morgan fingerprint density at radius 3 is 2.71 bits per heavy atom. The van der Waals surface area contributed by atoms with E-state index in [1.54, 1.807) is 6.07 Å². The summed E-state index contributed by atoms with van der Waals surface area (Å²) in [6.07, 6.45) is 2.04. The van der Waals surface area contributed by atoms with Crippen LogP contribution in [0.3, 0.4) is 0 Å². The predicted octanol–water partition coefficient (Wildman–Crippen LogP) is 1.68. The van der Waals surface area contributed by atoms with Crippen molar-refractivity contribution in [2.24, 2.45) is 5.92 Å². The van der Waals surface area contributed by atoms with Gasteiger partial charge in [-0.3, -0.25) is 0 Å². The molecule has 2 N–H and O–H groups in total. The number of sulfonamides is 1. The van der Waals surface area contributed by atoms with Crippen LogP contribution in [0, 0.1) is 5.92 Å². The average molecular weight is 295 g/mol. The monoisotopic (exact) mass is 294 g/mol. The standard InChI is InChI=1S/C10H15ClN2O2S2/c11-9-1-2-10(16-9)17(14,15)13-7-8-3-5-12-6-4-8/h1-2,8,12-13H,3-7H2. The Kier molecular flexibility index (Phi) is 4.43. The van der Waals surface area contributed by atoms with Gasteiger partial charge < -0.3 is 5.32 Å². The number of hydrogen-bond donors (Lipinski definition) is 2. The average Bonchev–Trinajstić information content (AvgIpc) is 2.76. The van der Waals surface area contributed by atoms with E-state index in [0.29, 0.717) is 16.8 Å². The normalized spacial score (nSPS) is 18.4. The zero-order valence-corrected chi connectivity index (χ0v) is 11.7. The molecule has 1 aromatic rings. The van der Waals surface area contributed by atoms with Crippen molar-refractivity contribution in [3.63, 3.8) is 0 Å². The van der Waals surface area contributed by atoms with Gasteiger partial charge in [-0.1, -0.05) is 11.6 Å². The summed E-state index contributed by atoms with van der Waals surface area (Å²) >= 11 is 6.82. The van der Waals surface area contributed by atoms with E-state index >= 15 is 0 Å². The zero-order chi connectivity index (χ0) is 12.3. The van der Waals surface area contributed by atoms with Crippen molar-refractivity contribution < 1.29 is 8.42 Å². The molecular weight excluding hydrogens is 280 g/mol. The molecule has 1 saturated heterocycles. The lowest BCUT2D eigenvalue weighted by atomic mass is 9.99. The molecule has 0 radical (unpaired) electrons. The molecule has 0 spiro atoms. The van der Waals surface area contributed by atoms with Crippen LogP contribution in [0.15, 0.2) is 16.3 Å². The molecule has 2 heterocycles. The van der Waals surface area contributed by atoms with Gasteiger partial charge in [-0.25, -0.2) is 13.1 Å². The van der Waals surface area contributed by atoms with Crippen LogP contribution in [0.2, 0.25) is 4.34 Å². The minimum absolute atomic E-state index is 0.288. The van der Waals surface area contributed by atoms with Crippen molar-refractivity contribution in [1.82, 2.24) is 10.0 Å². The minimum atomic E-state index is -3.38. The first kappa shape index (κ1) is 13.3. The van der Waals surface area contributed by atoms with Crippen LogP contribution in [0.1, 0.15) is 12.8 Å². The van der Waals surface area contributed by atoms with Crippen LogP contribution in [0.25, 0.3) is 0 Å². The number of thiophene rings is 1. The maximum absolute atomic E-state index is 11.9. The van der Waals surface area contributed by atoms with Crippen molar-refractivity contribution >= 4 is 33.0 Å². The highest BCUT2D eigenvalue weighted by Gasteiger charge is 2.19. The third kappa shape index (κ3) is 3.66. The molecule has 0 atom stereocenters. The molecule has 1 aliphatic heterocycles. The minimum Gasteiger partial charge on any atom is -0.317 e. The van der Waals surface area contributed by atoms with Crippen LogP contribution in [0.5, 0.6) is 0 Å². The second-order valence-corrected chi connectivity index (χ2v) is 7.81. The highest BCUT2D eigenvalue weighted by molar-refractivity contribution is 7.91. The maximum atomic E-state index is 11.9. The highest BCUT2D eigenvalue weighted by atomic mass is 35.5. The van der Waals surface area contributed by atoms with Crippen LogP contribution in [-0.2, 0) is 10.0 Å². The number of rotatable bonds is 4. The molecule has 2 rings (SSSR count). The van der Waals surface area contributed by atoms with Gasteiger partial charge in [-0.2, -0.15) is 0 Å². The molecule has 4 nitrogen and oxygen atoms in total. The summed E-state index contributed by atoms with van der Waals surface area (Å²) in [5.74, 6) is 0.432. The van der Waals surface area contributed by atoms with E-state index in [9.17, 15) is 8.42 Å². The first-order chi connectivity index (χ1) is 8.08. The second kappa shape index (κ2) is 5.67. The zero-order valence-electron chi connectivity index (χ0n) is 9.28. The van der Waals surface area contributed by atoms with E-state index in [0.717, 1.165) is 37.3 Å². The molecule has 17 heavy (non-hydrogen) atoms. The van der Waals surface area contributed by atoms with Crippen molar-refractivity contribution in [2.45, 2.75) is 17.1 Å². The SMILES string of the molecule is O=S(=O)(NCC1CCNCC1)c1ccc(Cl)s1. The smallest absolute Gasteiger partial charge is 0.250 e. The van der Waals surface area contributed by atoms with Crippen molar-refractivity contribution in [3.05, 3.63) is 16.5 Å². The van der Waals surface area contributed by atoms with Gasteiger partial charge in [-0.15, -0.1) is 11.3 Å². The molecule has 1 fully saturated rings. The van der Waals surface area contributed by atoms with Gasteiger partial charge in [0.25, 0.3) is 0 Å². The van der Waals surface area contributed by atoms with Crippen LogP contribution >= 0.6 is 22.9 Å². The summed E-state index contributed by atoms with van der Waals surface area (Å²) in [6.45, 7) is 2.45. The fraction of sp³-hybridized carbons (Fsp3) is 0.600. The van der Waals surface area contributed by atoms with Gasteiger partial charge in [0.05, 0.1) is 4.34 Å². The summed E-state index contributed by atoms with van der Waals surface area (Å²) in [6, 6.07) is 3.14. The number of hydrogen-bond acceptors (Lipinski definition) is 4. The summed E-state index contributed by atoms with van der Waals surface area (Å²) < 4.78 is 27.3. The quantitative estimate of drug-likeness (QED) is 0.888. The van der Waals surface area contributed by atoms with Gasteiger partial charge in [-0.05, 0) is 44.0 Å². The topological polar surface area (TPSA) is 58.2 Å². The summed E-state index contributed by atoms with van der Waals surface area (Å²) in [4.78, 5) is 0. The Bertz CT molecular complexity index is 466. The van der Waals surface area contributed by atoms with E-state index in [2.05, 4.69) is 10.0 Å². The largest absolute Gasteiger partial charge is 0.317 e. The lowest BCUT2D eigenvalue weighted by Crippen LogP contribution is -2.35. The number of piperidine rings is 1. The van der Waals surface area contributed by atoms with E-state index in [4.69, 9.17) is 11.6 Å². The van der Waals surface area contributed by atoms with E-state index in [1.807, 2.05) is 0 Å². The second-order valence-electron chi connectivity index (χ2n) is 4.10. The summed E-state index contributed by atoms with van der Waals surface area (Å²) in [7, 11) is -3.38. The van der Waals surface area contributed by atoms with E-state index in [-0.39, 0.29) is 4.21 Å². The molecule has 7 heteroatoms. The highest BCUT2D eigenvalue weighted by Crippen LogP contribution is 2.25. The van der Waals surface area contributed by atoms with Gasteiger partial charge >= 0.3 is 0 Å². The number of halogens is 1. The summed E-state index contributed by atoms with van der Waals surface area (Å²) in [5, 5.41) is 3.25. The Morgan fingerprint density at radius 2 is 2.12 bits per heavy atom. The molecule has 0 unspecified atom stereocenters.